The molecule has 148 valence electrons. The Labute approximate surface area is 169 Å². The van der Waals surface area contributed by atoms with Gasteiger partial charge in [-0.05, 0) is 30.9 Å². The third kappa shape index (κ3) is 2.65. The van der Waals surface area contributed by atoms with Gasteiger partial charge in [0.2, 0.25) is 0 Å². The van der Waals surface area contributed by atoms with E-state index in [-0.39, 0.29) is 22.2 Å². The van der Waals surface area contributed by atoms with E-state index >= 15 is 4.39 Å². The van der Waals surface area contributed by atoms with Gasteiger partial charge in [0.1, 0.15) is 11.6 Å². The molecule has 2 aromatic rings. The average molecular weight is 403 g/mol. The molecule has 1 saturated carbocycles. The first-order chi connectivity index (χ1) is 13.3. The van der Waals surface area contributed by atoms with Crippen LogP contribution in [0.1, 0.15) is 42.1 Å². The van der Waals surface area contributed by atoms with E-state index in [0.29, 0.717) is 16.5 Å². The first kappa shape index (κ1) is 19.0. The lowest BCUT2D eigenvalue weighted by Crippen LogP contribution is -2.24. The number of nitrogen functional groups attached to an aromatic ring is 1. The van der Waals surface area contributed by atoms with Gasteiger partial charge in [-0.2, -0.15) is 0 Å². The molecule has 1 aliphatic carbocycles. The zero-order valence-corrected chi connectivity index (χ0v) is 17.0. The van der Waals surface area contributed by atoms with Crippen molar-refractivity contribution in [2.24, 2.45) is 5.92 Å². The summed E-state index contributed by atoms with van der Waals surface area (Å²) < 4.78 is 15.3. The Morgan fingerprint density at radius 3 is 2.86 bits per heavy atom. The number of hydrogen-bond acceptors (Lipinski definition) is 4. The lowest BCUT2D eigenvalue weighted by atomic mass is 9.92. The highest BCUT2D eigenvalue weighted by molar-refractivity contribution is 6.34. The monoisotopic (exact) mass is 402 g/mol. The highest BCUT2D eigenvalue weighted by Gasteiger charge is 2.59. The molecule has 1 amide bonds. The molecule has 7 heteroatoms. The van der Waals surface area contributed by atoms with Crippen molar-refractivity contribution in [2.75, 3.05) is 31.7 Å². The number of halogens is 2. The second-order valence-electron chi connectivity index (χ2n) is 8.00. The second kappa shape index (κ2) is 6.62. The Morgan fingerprint density at radius 2 is 2.18 bits per heavy atom. The van der Waals surface area contributed by atoms with Crippen LogP contribution in [0.2, 0.25) is 5.02 Å². The van der Waals surface area contributed by atoms with Crippen molar-refractivity contribution in [3.63, 3.8) is 0 Å². The van der Waals surface area contributed by atoms with Gasteiger partial charge in [-0.1, -0.05) is 24.9 Å². The van der Waals surface area contributed by atoms with Crippen molar-refractivity contribution in [3.8, 4) is 11.1 Å². The molecule has 1 fully saturated rings. The first-order valence-corrected chi connectivity index (χ1v) is 9.92. The average Bonchev–Trinajstić information content (AvgIpc) is 3.19. The predicted molar refractivity (Wildman–Crippen MR) is 110 cm³/mol. The fourth-order valence-corrected chi connectivity index (χ4v) is 4.89. The summed E-state index contributed by atoms with van der Waals surface area (Å²) in [5.74, 6) is 0.212. The summed E-state index contributed by atoms with van der Waals surface area (Å²) in [6.45, 7) is 3.00. The van der Waals surface area contributed by atoms with Gasteiger partial charge in [-0.15, -0.1) is 0 Å². The molecule has 0 unspecified atom stereocenters. The number of nitrogens with zero attached hydrogens (tertiary/aromatic N) is 2. The number of anilines is 2. The van der Waals surface area contributed by atoms with Crippen LogP contribution in [0, 0.1) is 11.7 Å². The van der Waals surface area contributed by atoms with E-state index in [9.17, 15) is 4.79 Å². The number of aromatic nitrogens is 1. The van der Waals surface area contributed by atoms with Crippen LogP contribution in [0.3, 0.4) is 0 Å². The van der Waals surface area contributed by atoms with E-state index in [0.717, 1.165) is 37.2 Å². The maximum Gasteiger partial charge on any atom is 0.258 e. The topological polar surface area (TPSA) is 71.2 Å². The Bertz CT molecular complexity index is 977. The van der Waals surface area contributed by atoms with E-state index in [1.54, 1.807) is 32.4 Å². The minimum Gasteiger partial charge on any atom is -0.398 e. The molecule has 1 spiro atoms. The number of nitrogens with one attached hydrogen (secondary N) is 1. The molecule has 2 heterocycles. The van der Waals surface area contributed by atoms with Gasteiger partial charge in [0.15, 0.2) is 0 Å². The van der Waals surface area contributed by atoms with E-state index in [1.807, 2.05) is 0 Å². The molecule has 1 aromatic heterocycles. The summed E-state index contributed by atoms with van der Waals surface area (Å²) in [7, 11) is 3.13. The summed E-state index contributed by atoms with van der Waals surface area (Å²) in [6, 6.07) is 3.11. The van der Waals surface area contributed by atoms with Crippen LogP contribution < -0.4 is 11.1 Å². The maximum atomic E-state index is 15.3. The molecule has 1 aromatic carbocycles. The Hall–Kier alpha value is -2.34. The third-order valence-corrected chi connectivity index (χ3v) is 6.43. The highest BCUT2D eigenvalue weighted by atomic mass is 35.5. The molecule has 4 rings (SSSR count). The largest absolute Gasteiger partial charge is 0.398 e. The van der Waals surface area contributed by atoms with Gasteiger partial charge in [0, 0.05) is 54.6 Å². The summed E-state index contributed by atoms with van der Waals surface area (Å²) in [6.07, 6.45) is 4.90. The van der Waals surface area contributed by atoms with Crippen molar-refractivity contribution in [1.29, 1.82) is 0 Å². The molecular formula is C21H24ClFN4O. The predicted octanol–water partition coefficient (Wildman–Crippen LogP) is 4.31. The van der Waals surface area contributed by atoms with Gasteiger partial charge >= 0.3 is 0 Å². The summed E-state index contributed by atoms with van der Waals surface area (Å²) in [5, 5.41) is 3.87. The number of rotatable bonds is 4. The second-order valence-corrected chi connectivity index (χ2v) is 8.38. The molecule has 0 saturated heterocycles. The molecule has 3 N–H and O–H groups in total. The summed E-state index contributed by atoms with van der Waals surface area (Å²) >= 11 is 6.81. The van der Waals surface area contributed by atoms with E-state index in [2.05, 4.69) is 17.2 Å². The molecule has 28 heavy (non-hydrogen) atoms. The molecule has 0 bridgehead atoms. The Morgan fingerprint density at radius 1 is 1.43 bits per heavy atom. The minimum atomic E-state index is -0.664. The quantitative estimate of drug-likeness (QED) is 0.747. The van der Waals surface area contributed by atoms with Crippen molar-refractivity contribution in [2.45, 2.75) is 31.6 Å². The normalized spacial score (nSPS) is 22.1. The fourth-order valence-electron chi connectivity index (χ4n) is 4.47. The molecule has 0 radical (unpaired) electrons. The number of carbonyl (C=O) groups is 1. The van der Waals surface area contributed by atoms with Crippen LogP contribution in [0.15, 0.2) is 18.3 Å². The molecule has 1 aliphatic heterocycles. The van der Waals surface area contributed by atoms with Gasteiger partial charge < -0.3 is 16.0 Å². The first-order valence-electron chi connectivity index (χ1n) is 9.54. The SMILES string of the molecule is CCC[C@@H]1C[C@]12CNc1ncc(-c3ccc(N)c(C(=O)N(C)C)c3F)c(Cl)c12. The van der Waals surface area contributed by atoms with Crippen molar-refractivity contribution in [3.05, 3.63) is 40.3 Å². The number of hydrogen-bond donors (Lipinski definition) is 2. The van der Waals surface area contributed by atoms with E-state index in [1.165, 1.54) is 4.90 Å². The number of pyridine rings is 1. The van der Waals surface area contributed by atoms with Gasteiger partial charge in [0.25, 0.3) is 5.91 Å². The van der Waals surface area contributed by atoms with Gasteiger partial charge in [-0.25, -0.2) is 9.37 Å². The van der Waals surface area contributed by atoms with Crippen molar-refractivity contribution in [1.82, 2.24) is 9.88 Å². The highest BCUT2D eigenvalue weighted by Crippen LogP contribution is 2.63. The van der Waals surface area contributed by atoms with Gasteiger partial charge in [-0.3, -0.25) is 4.79 Å². The van der Waals surface area contributed by atoms with Crippen molar-refractivity contribution >= 4 is 29.0 Å². The zero-order chi connectivity index (χ0) is 20.2. The number of nitrogens with two attached hydrogens (primary N) is 1. The van der Waals surface area contributed by atoms with Crippen LogP contribution in [0.4, 0.5) is 15.9 Å². The van der Waals surface area contributed by atoms with E-state index in [4.69, 9.17) is 17.3 Å². The number of fused-ring (bicyclic) bond motifs is 2. The molecular weight excluding hydrogens is 379 g/mol. The maximum absolute atomic E-state index is 15.3. The number of amides is 1. The summed E-state index contributed by atoms with van der Waals surface area (Å²) in [5.41, 5.74) is 7.59. The molecule has 2 aliphatic rings. The van der Waals surface area contributed by atoms with Crippen LogP contribution >= 0.6 is 11.6 Å². The van der Waals surface area contributed by atoms with Crippen LogP contribution in [-0.2, 0) is 5.41 Å². The van der Waals surface area contributed by atoms with Crippen LogP contribution in [0.5, 0.6) is 0 Å². The fraction of sp³-hybridized carbons (Fsp3) is 0.429. The summed E-state index contributed by atoms with van der Waals surface area (Å²) in [4.78, 5) is 18.2. The smallest absolute Gasteiger partial charge is 0.258 e. The Kier molecular flexibility index (Phi) is 4.49. The third-order valence-electron chi connectivity index (χ3n) is 6.04. The lowest BCUT2D eigenvalue weighted by molar-refractivity contribution is 0.0824. The van der Waals surface area contributed by atoms with Gasteiger partial charge in [0.05, 0.1) is 10.6 Å². The lowest BCUT2D eigenvalue weighted by Gasteiger charge is -2.17. The number of carbonyl (C=O) groups excluding carboxylic acids is 1. The minimum absolute atomic E-state index is 0.00198. The van der Waals surface area contributed by atoms with E-state index < -0.39 is 11.7 Å². The molecule has 2 atom stereocenters. The Balaban J connectivity index is 1.84. The van der Waals surface area contributed by atoms with Crippen molar-refractivity contribution < 1.29 is 9.18 Å². The zero-order valence-electron chi connectivity index (χ0n) is 16.3. The molecule has 5 nitrogen and oxygen atoms in total. The van der Waals surface area contributed by atoms with Crippen LogP contribution in [-0.4, -0.2) is 36.4 Å². The standard InChI is InChI=1S/C21H24ClFN4O/c1-4-5-11-8-21(11)10-26-19-16(21)17(22)13(9-25-19)12-6-7-14(24)15(18(12)23)20(28)27(2)3/h6-7,9,11H,4-5,8,10,24H2,1-3H3,(H,25,26)/t11-,21+/m1/s1. The van der Waals surface area contributed by atoms with Crippen LogP contribution in [0.25, 0.3) is 11.1 Å². The number of benzene rings is 1.